The molecule has 1 fully saturated rings. The molecule has 3 heterocycles. The molecule has 0 amide bonds. The van der Waals surface area contributed by atoms with Crippen LogP contribution in [0.25, 0.3) is 17.1 Å². The highest BCUT2D eigenvalue weighted by Gasteiger charge is 2.25. The van der Waals surface area contributed by atoms with Gasteiger partial charge in [0.15, 0.2) is 17.0 Å². The van der Waals surface area contributed by atoms with E-state index >= 15 is 0 Å². The number of aryl methyl sites for hydroxylation is 1. The Bertz CT molecular complexity index is 1110. The summed E-state index contributed by atoms with van der Waals surface area (Å²) in [5.41, 5.74) is 2.93. The zero-order chi connectivity index (χ0) is 20.3. The lowest BCUT2D eigenvalue weighted by Crippen LogP contribution is -2.12. The van der Waals surface area contributed by atoms with Gasteiger partial charge < -0.3 is 10.6 Å². The van der Waals surface area contributed by atoms with Crippen LogP contribution in [0.15, 0.2) is 48.8 Å². The van der Waals surface area contributed by atoms with Crippen molar-refractivity contribution in [1.82, 2.24) is 29.3 Å². The number of nitrogens with zero attached hydrogens (tertiary/aromatic N) is 6. The number of fused-ring (bicyclic) bond motifs is 1. The first-order valence-corrected chi connectivity index (χ1v) is 10.6. The molecule has 0 spiro atoms. The molecule has 0 aliphatic heterocycles. The monoisotopic (exact) mass is 402 g/mol. The van der Waals surface area contributed by atoms with Gasteiger partial charge in [0.1, 0.15) is 0 Å². The van der Waals surface area contributed by atoms with Crippen molar-refractivity contribution in [2.24, 2.45) is 0 Å². The van der Waals surface area contributed by atoms with Crippen LogP contribution in [-0.4, -0.2) is 41.9 Å². The van der Waals surface area contributed by atoms with Crippen molar-refractivity contribution in [3.63, 3.8) is 0 Å². The van der Waals surface area contributed by atoms with Gasteiger partial charge in [-0.3, -0.25) is 4.57 Å². The molecule has 0 unspecified atom stereocenters. The van der Waals surface area contributed by atoms with E-state index in [4.69, 9.17) is 15.0 Å². The normalized spacial score (nSPS) is 13.6. The summed E-state index contributed by atoms with van der Waals surface area (Å²) >= 11 is 0. The molecule has 3 aromatic heterocycles. The summed E-state index contributed by atoms with van der Waals surface area (Å²) in [5, 5.41) is 11.3. The summed E-state index contributed by atoms with van der Waals surface area (Å²) in [6.07, 6.45) is 7.91. The fraction of sp³-hybridized carbons (Fsp3) is 0.364. The summed E-state index contributed by atoms with van der Waals surface area (Å²) < 4.78 is 3.92. The van der Waals surface area contributed by atoms with Crippen LogP contribution >= 0.6 is 0 Å². The van der Waals surface area contributed by atoms with E-state index in [-0.39, 0.29) is 0 Å². The summed E-state index contributed by atoms with van der Waals surface area (Å²) in [5.74, 6) is 2.20. The molecule has 5 rings (SSSR count). The minimum absolute atomic E-state index is 0.477. The lowest BCUT2D eigenvalue weighted by atomic mass is 10.1. The molecule has 8 heteroatoms. The quantitative estimate of drug-likeness (QED) is 0.444. The maximum absolute atomic E-state index is 4.87. The number of hydrogen-bond acceptors (Lipinski definition) is 6. The molecule has 0 radical (unpaired) electrons. The molecular weight excluding hydrogens is 376 g/mol. The molecule has 30 heavy (non-hydrogen) atoms. The van der Waals surface area contributed by atoms with Crippen molar-refractivity contribution in [2.75, 3.05) is 17.2 Å². The van der Waals surface area contributed by atoms with Crippen molar-refractivity contribution in [3.8, 4) is 5.95 Å². The average molecular weight is 403 g/mol. The molecule has 1 aromatic carbocycles. The van der Waals surface area contributed by atoms with Crippen molar-refractivity contribution in [3.05, 3.63) is 54.4 Å². The van der Waals surface area contributed by atoms with Crippen molar-refractivity contribution >= 4 is 22.9 Å². The average Bonchev–Trinajstić information content (AvgIpc) is 3.27. The maximum Gasteiger partial charge on any atom is 0.233 e. The van der Waals surface area contributed by atoms with Gasteiger partial charge in [-0.2, -0.15) is 15.1 Å². The van der Waals surface area contributed by atoms with Crippen LogP contribution in [0.5, 0.6) is 0 Å². The first-order chi connectivity index (χ1) is 14.8. The SMILES string of the molecule is CCCn1c(-n2cccn2)nc2c(NC3CC3)nc(NCCc3ccccc3)nc21. The largest absolute Gasteiger partial charge is 0.365 e. The highest BCUT2D eigenvalue weighted by atomic mass is 15.4. The standard InChI is InChI=1S/C22H26N8/c1-2-14-29-20-18(26-22(29)30-15-6-12-24-30)19(25-17-9-10-17)27-21(28-20)23-13-11-16-7-4-3-5-8-16/h3-8,12,15,17H,2,9-11,13-14H2,1H3,(H2,23,25,27,28). The number of benzene rings is 1. The van der Waals surface area contributed by atoms with Gasteiger partial charge in [0.05, 0.1) is 0 Å². The molecule has 0 saturated heterocycles. The van der Waals surface area contributed by atoms with Gasteiger partial charge in [-0.05, 0) is 37.3 Å². The van der Waals surface area contributed by atoms with E-state index in [9.17, 15) is 0 Å². The molecule has 0 atom stereocenters. The number of rotatable bonds is 9. The third-order valence-corrected chi connectivity index (χ3v) is 5.19. The molecule has 1 saturated carbocycles. The zero-order valence-corrected chi connectivity index (χ0v) is 17.1. The first-order valence-electron chi connectivity index (χ1n) is 10.6. The third-order valence-electron chi connectivity index (χ3n) is 5.19. The predicted molar refractivity (Wildman–Crippen MR) is 118 cm³/mol. The number of imidazole rings is 1. The highest BCUT2D eigenvalue weighted by Crippen LogP contribution is 2.30. The van der Waals surface area contributed by atoms with Crippen molar-refractivity contribution in [2.45, 2.75) is 45.2 Å². The number of nitrogens with one attached hydrogen (secondary N) is 2. The Morgan fingerprint density at radius 1 is 1.07 bits per heavy atom. The molecular formula is C22H26N8. The Kier molecular flexibility index (Phi) is 5.04. The van der Waals surface area contributed by atoms with Gasteiger partial charge in [-0.1, -0.05) is 37.3 Å². The van der Waals surface area contributed by atoms with Gasteiger partial charge in [-0.25, -0.2) is 9.67 Å². The summed E-state index contributed by atoms with van der Waals surface area (Å²) in [6, 6.07) is 12.8. The van der Waals surface area contributed by atoms with Gasteiger partial charge in [0, 0.05) is 31.5 Å². The maximum atomic E-state index is 4.87. The molecule has 1 aliphatic rings. The molecule has 154 valence electrons. The second kappa shape index (κ2) is 8.14. The van der Waals surface area contributed by atoms with Gasteiger partial charge in [-0.15, -0.1) is 0 Å². The van der Waals surface area contributed by atoms with E-state index in [0.717, 1.165) is 48.9 Å². The number of anilines is 2. The fourth-order valence-corrected chi connectivity index (χ4v) is 3.54. The Morgan fingerprint density at radius 2 is 1.93 bits per heavy atom. The van der Waals surface area contributed by atoms with E-state index in [1.165, 1.54) is 18.4 Å². The van der Waals surface area contributed by atoms with Crippen LogP contribution in [0.1, 0.15) is 31.7 Å². The summed E-state index contributed by atoms with van der Waals surface area (Å²) in [4.78, 5) is 14.5. The smallest absolute Gasteiger partial charge is 0.233 e. The summed E-state index contributed by atoms with van der Waals surface area (Å²) in [6.45, 7) is 3.74. The first kappa shape index (κ1) is 18.6. The van der Waals surface area contributed by atoms with Crippen LogP contribution in [0.2, 0.25) is 0 Å². The van der Waals surface area contributed by atoms with Crippen LogP contribution < -0.4 is 10.6 Å². The lowest BCUT2D eigenvalue weighted by Gasteiger charge is -2.10. The van der Waals surface area contributed by atoms with Crippen molar-refractivity contribution in [1.29, 1.82) is 0 Å². The third kappa shape index (κ3) is 3.85. The second-order valence-corrected chi connectivity index (χ2v) is 7.66. The van der Waals surface area contributed by atoms with Gasteiger partial charge in [0.25, 0.3) is 0 Å². The topological polar surface area (TPSA) is 85.5 Å². The van der Waals surface area contributed by atoms with E-state index in [2.05, 4.69) is 51.5 Å². The van der Waals surface area contributed by atoms with E-state index in [1.807, 2.05) is 18.3 Å². The highest BCUT2D eigenvalue weighted by molar-refractivity contribution is 5.86. The van der Waals surface area contributed by atoms with E-state index in [0.29, 0.717) is 12.0 Å². The number of hydrogen-bond donors (Lipinski definition) is 2. The van der Waals surface area contributed by atoms with E-state index < -0.39 is 0 Å². The lowest BCUT2D eigenvalue weighted by molar-refractivity contribution is 0.647. The Morgan fingerprint density at radius 3 is 2.67 bits per heavy atom. The van der Waals surface area contributed by atoms with Crippen LogP contribution in [-0.2, 0) is 13.0 Å². The van der Waals surface area contributed by atoms with Crippen LogP contribution in [0, 0.1) is 0 Å². The van der Waals surface area contributed by atoms with Crippen LogP contribution in [0.4, 0.5) is 11.8 Å². The van der Waals surface area contributed by atoms with E-state index in [1.54, 1.807) is 10.9 Å². The minimum atomic E-state index is 0.477. The van der Waals surface area contributed by atoms with Crippen LogP contribution in [0.3, 0.4) is 0 Å². The number of aromatic nitrogens is 6. The molecule has 2 N–H and O–H groups in total. The second-order valence-electron chi connectivity index (χ2n) is 7.66. The Labute approximate surface area is 175 Å². The van der Waals surface area contributed by atoms with Gasteiger partial charge >= 0.3 is 0 Å². The molecule has 1 aliphatic carbocycles. The Balaban J connectivity index is 1.50. The van der Waals surface area contributed by atoms with Gasteiger partial charge in [0.2, 0.25) is 11.9 Å². The molecule has 8 nitrogen and oxygen atoms in total. The summed E-state index contributed by atoms with van der Waals surface area (Å²) in [7, 11) is 0. The molecule has 0 bridgehead atoms. The van der Waals surface area contributed by atoms with Crippen molar-refractivity contribution < 1.29 is 0 Å². The molecule has 4 aromatic rings. The fourth-order valence-electron chi connectivity index (χ4n) is 3.54. The Hall–Kier alpha value is -3.42. The zero-order valence-electron chi connectivity index (χ0n) is 17.1. The predicted octanol–water partition coefficient (Wildman–Crippen LogP) is 3.65. The minimum Gasteiger partial charge on any atom is -0.365 e.